The molecular formula is C24H32F3N7O. The van der Waals surface area contributed by atoms with Gasteiger partial charge in [0, 0.05) is 56.3 Å². The van der Waals surface area contributed by atoms with Gasteiger partial charge in [-0.3, -0.25) is 4.79 Å². The van der Waals surface area contributed by atoms with Crippen LogP contribution in [0.2, 0.25) is 0 Å². The smallest absolute Gasteiger partial charge is 0.356 e. The molecule has 2 aromatic heterocycles. The highest BCUT2D eigenvalue weighted by molar-refractivity contribution is 5.94. The second-order valence-corrected chi connectivity index (χ2v) is 9.99. The number of nitrogens with one attached hydrogen (secondary N) is 2. The number of nitrogens with zero attached hydrogens (tertiary/aromatic N) is 5. The van der Waals surface area contributed by atoms with Gasteiger partial charge < -0.3 is 20.1 Å². The number of alkyl halides is 3. The van der Waals surface area contributed by atoms with Crippen LogP contribution in [0.5, 0.6) is 0 Å². The van der Waals surface area contributed by atoms with Crippen LogP contribution in [-0.2, 0) is 17.5 Å². The van der Waals surface area contributed by atoms with Crippen LogP contribution in [0, 0.1) is 0 Å². The van der Waals surface area contributed by atoms with Gasteiger partial charge in [-0.1, -0.05) is 19.8 Å². The third kappa shape index (κ3) is 5.14. The Balaban J connectivity index is 1.29. The first-order valence-electron chi connectivity index (χ1n) is 12.6. The highest BCUT2D eigenvalue weighted by atomic mass is 19.4. The number of hydrogen-bond donors (Lipinski definition) is 2. The summed E-state index contributed by atoms with van der Waals surface area (Å²) in [5.74, 6) is 1.79. The van der Waals surface area contributed by atoms with E-state index in [-0.39, 0.29) is 17.7 Å². The highest BCUT2D eigenvalue weighted by Gasteiger charge is 2.37. The summed E-state index contributed by atoms with van der Waals surface area (Å²) in [4.78, 5) is 26.9. The van der Waals surface area contributed by atoms with E-state index in [9.17, 15) is 18.0 Å². The fourth-order valence-electron chi connectivity index (χ4n) is 5.70. The monoisotopic (exact) mass is 491 g/mol. The summed E-state index contributed by atoms with van der Waals surface area (Å²) < 4.78 is 42.1. The Labute approximate surface area is 202 Å². The number of fused-ring (bicyclic) bond motifs is 1. The molecule has 1 atom stereocenters. The van der Waals surface area contributed by atoms with Gasteiger partial charge in [0.05, 0.1) is 0 Å². The third-order valence-electron chi connectivity index (χ3n) is 7.50. The zero-order valence-corrected chi connectivity index (χ0v) is 19.9. The molecule has 2 aromatic rings. The molecule has 0 bridgehead atoms. The van der Waals surface area contributed by atoms with Crippen LogP contribution in [-0.4, -0.2) is 51.1 Å². The Hall–Kier alpha value is -2.69. The minimum absolute atomic E-state index is 0.00767. The van der Waals surface area contributed by atoms with E-state index >= 15 is 0 Å². The van der Waals surface area contributed by atoms with Crippen molar-refractivity contribution in [3.8, 4) is 0 Å². The van der Waals surface area contributed by atoms with Crippen molar-refractivity contribution in [2.45, 2.75) is 82.5 Å². The predicted octanol–water partition coefficient (Wildman–Crippen LogP) is 4.05. The number of anilines is 2. The Morgan fingerprint density at radius 2 is 1.89 bits per heavy atom. The molecule has 1 amide bonds. The highest BCUT2D eigenvalue weighted by Crippen LogP contribution is 2.39. The number of amides is 1. The second kappa shape index (κ2) is 9.75. The molecule has 1 aliphatic carbocycles. The lowest BCUT2D eigenvalue weighted by Gasteiger charge is -2.35. The second-order valence-electron chi connectivity index (χ2n) is 9.99. The van der Waals surface area contributed by atoms with Crippen LogP contribution in [0.3, 0.4) is 0 Å². The number of halogens is 3. The lowest BCUT2D eigenvalue weighted by atomic mass is 9.92. The lowest BCUT2D eigenvalue weighted by Crippen LogP contribution is -2.36. The summed E-state index contributed by atoms with van der Waals surface area (Å²) in [6.45, 7) is 4.42. The van der Waals surface area contributed by atoms with Crippen LogP contribution >= 0.6 is 0 Å². The zero-order chi connectivity index (χ0) is 24.6. The van der Waals surface area contributed by atoms with Gasteiger partial charge in [0.25, 0.3) is 0 Å². The van der Waals surface area contributed by atoms with Gasteiger partial charge in [0.2, 0.25) is 5.91 Å². The molecule has 8 nitrogen and oxygen atoms in total. The van der Waals surface area contributed by atoms with E-state index in [0.29, 0.717) is 63.1 Å². The van der Waals surface area contributed by atoms with E-state index in [1.165, 1.54) is 25.4 Å². The predicted molar refractivity (Wildman–Crippen MR) is 125 cm³/mol. The van der Waals surface area contributed by atoms with E-state index in [4.69, 9.17) is 0 Å². The first-order valence-corrected chi connectivity index (χ1v) is 12.6. The van der Waals surface area contributed by atoms with Gasteiger partial charge in [-0.25, -0.2) is 15.0 Å². The number of imidazole rings is 1. The van der Waals surface area contributed by atoms with Crippen molar-refractivity contribution < 1.29 is 18.0 Å². The number of carbonyl (C=O) groups is 1. The molecule has 0 radical (unpaired) electrons. The lowest BCUT2D eigenvalue weighted by molar-refractivity contribution is -0.141. The summed E-state index contributed by atoms with van der Waals surface area (Å²) in [6, 6.07) is 0.471. The number of piperidine rings is 1. The van der Waals surface area contributed by atoms with Crippen molar-refractivity contribution in [3.05, 3.63) is 29.6 Å². The van der Waals surface area contributed by atoms with Gasteiger partial charge in [-0.2, -0.15) is 13.2 Å². The minimum atomic E-state index is -4.46. The van der Waals surface area contributed by atoms with Crippen molar-refractivity contribution in [1.29, 1.82) is 0 Å². The van der Waals surface area contributed by atoms with Gasteiger partial charge in [0.15, 0.2) is 5.69 Å². The van der Waals surface area contributed by atoms with Crippen LogP contribution < -0.4 is 15.5 Å². The summed E-state index contributed by atoms with van der Waals surface area (Å²) in [5.41, 5.74) is 0.120. The molecule has 0 spiro atoms. The fraction of sp³-hybridized carbons (Fsp3) is 0.667. The molecule has 2 fully saturated rings. The van der Waals surface area contributed by atoms with Crippen molar-refractivity contribution in [2.75, 3.05) is 29.9 Å². The van der Waals surface area contributed by atoms with E-state index in [2.05, 4.69) is 30.5 Å². The molecule has 2 N–H and O–H groups in total. The third-order valence-corrected chi connectivity index (χ3v) is 7.50. The molecule has 1 saturated heterocycles. The Kier molecular flexibility index (Phi) is 6.69. The molecule has 190 valence electrons. The number of hydrogen-bond acceptors (Lipinski definition) is 6. The summed E-state index contributed by atoms with van der Waals surface area (Å²) in [5, 5.41) is 6.32. The molecule has 3 aliphatic rings. The molecular weight excluding hydrogens is 459 g/mol. The maximum atomic E-state index is 13.5. The summed E-state index contributed by atoms with van der Waals surface area (Å²) >= 11 is 0. The van der Waals surface area contributed by atoms with Crippen LogP contribution in [0.1, 0.15) is 80.8 Å². The van der Waals surface area contributed by atoms with Crippen LogP contribution in [0.4, 0.5) is 24.8 Å². The first-order chi connectivity index (χ1) is 16.8. The topological polar surface area (TPSA) is 88.0 Å². The summed E-state index contributed by atoms with van der Waals surface area (Å²) in [7, 11) is 0. The van der Waals surface area contributed by atoms with Crippen molar-refractivity contribution in [2.24, 2.45) is 0 Å². The minimum Gasteiger partial charge on any atom is -0.356 e. The standard InChI is InChI=1S/C24H32F3N7O/c1-15-12-19(35)32-21-20(15)23(30-14-29-21)33-9-6-16(7-10-33)22-31-18(24(25,26)27)13-34(22)11-8-28-17-4-2-3-5-17/h13-17,28H,2-12H2,1H3,(H,29,30,32,35). The first kappa shape index (κ1) is 24.0. The van der Waals surface area contributed by atoms with E-state index < -0.39 is 11.9 Å². The largest absolute Gasteiger partial charge is 0.434 e. The van der Waals surface area contributed by atoms with E-state index in [1.54, 1.807) is 4.57 Å². The van der Waals surface area contributed by atoms with Crippen LogP contribution in [0.15, 0.2) is 12.5 Å². The van der Waals surface area contributed by atoms with Crippen molar-refractivity contribution in [1.82, 2.24) is 24.8 Å². The average Bonchev–Trinajstić information content (AvgIpc) is 3.49. The van der Waals surface area contributed by atoms with Crippen molar-refractivity contribution in [3.63, 3.8) is 0 Å². The average molecular weight is 492 g/mol. The number of rotatable bonds is 6. The van der Waals surface area contributed by atoms with E-state index in [0.717, 1.165) is 24.2 Å². The molecule has 0 aromatic carbocycles. The molecule has 2 aliphatic heterocycles. The van der Waals surface area contributed by atoms with Crippen LogP contribution in [0.25, 0.3) is 0 Å². The Bertz CT molecular complexity index is 1060. The van der Waals surface area contributed by atoms with Gasteiger partial charge in [-0.15, -0.1) is 0 Å². The molecule has 1 saturated carbocycles. The van der Waals surface area contributed by atoms with Gasteiger partial charge >= 0.3 is 6.18 Å². The molecule has 11 heteroatoms. The van der Waals surface area contributed by atoms with Gasteiger partial charge in [-0.05, 0) is 31.6 Å². The quantitative estimate of drug-likeness (QED) is 0.634. The maximum Gasteiger partial charge on any atom is 0.434 e. The normalized spacial score (nSPS) is 21.9. The molecule has 35 heavy (non-hydrogen) atoms. The number of aromatic nitrogens is 4. The number of carbonyl (C=O) groups excluding carboxylic acids is 1. The van der Waals surface area contributed by atoms with Crippen molar-refractivity contribution >= 4 is 17.5 Å². The molecule has 1 unspecified atom stereocenters. The zero-order valence-electron chi connectivity index (χ0n) is 19.9. The van der Waals surface area contributed by atoms with Gasteiger partial charge in [0.1, 0.15) is 23.8 Å². The van der Waals surface area contributed by atoms with E-state index in [1.807, 2.05) is 6.92 Å². The Morgan fingerprint density at radius 1 is 1.14 bits per heavy atom. The fourth-order valence-corrected chi connectivity index (χ4v) is 5.70. The SMILES string of the molecule is CC1CC(=O)Nc2ncnc(N3CCC(c4nc(C(F)(F)F)cn4CCNC4CCCC4)CC3)c21. The maximum absolute atomic E-state index is 13.5. The Morgan fingerprint density at radius 3 is 2.60 bits per heavy atom. The molecule has 4 heterocycles. The summed E-state index contributed by atoms with van der Waals surface area (Å²) in [6.07, 6.45) is 4.62. The molecule has 5 rings (SSSR count).